The van der Waals surface area contributed by atoms with E-state index in [2.05, 4.69) is 0 Å². The molecule has 0 aliphatic carbocycles. The molecule has 0 fully saturated rings. The quantitative estimate of drug-likeness (QED) is 0.213. The summed E-state index contributed by atoms with van der Waals surface area (Å²) in [5.41, 5.74) is 0. The fraction of sp³-hybridized carbons (Fsp3) is 0. The van der Waals surface area contributed by atoms with Crippen LogP contribution in [0.3, 0.4) is 0 Å². The summed E-state index contributed by atoms with van der Waals surface area (Å²) in [4.78, 5) is 30.6. The molecule has 0 aliphatic rings. The molecule has 3 N–H and O–H groups in total. The predicted octanol–water partition coefficient (Wildman–Crippen LogP) is -7.96. The van der Waals surface area contributed by atoms with Gasteiger partial charge in [0, 0.05) is 10.4 Å². The van der Waals surface area contributed by atoms with Gasteiger partial charge < -0.3 is 28.3 Å². The molecule has 0 spiro atoms. The molecule has 0 aromatic rings. The summed E-state index contributed by atoms with van der Waals surface area (Å²) in [6.45, 7) is 0. The summed E-state index contributed by atoms with van der Waals surface area (Å²) in [5, 5.41) is 0. The number of rotatable bonds is 0. The van der Waals surface area contributed by atoms with Crippen molar-refractivity contribution in [3.63, 3.8) is 0 Å². The molecule has 0 saturated carbocycles. The van der Waals surface area contributed by atoms with Gasteiger partial charge >= 0.3 is 61.7 Å². The van der Waals surface area contributed by atoms with Gasteiger partial charge in [0.2, 0.25) is 0 Å². The van der Waals surface area contributed by atoms with Crippen LogP contribution in [-0.4, -0.2) is 64.0 Å². The standard InChI is InChI=1S/Mg.Na.H2O4S.H3O4Si/c;;2*1-5(2,3)4/h;;(H2,1,2,3,4);1-3H/q+2;+1;;-1/p-2. The van der Waals surface area contributed by atoms with Gasteiger partial charge in [-0.15, -0.1) is 0 Å². The predicted molar refractivity (Wildman–Crippen MR) is 28.6 cm³/mol. The molecule has 0 radical (unpaired) electrons. The number of hydrogen-bond donors (Lipinski definition) is 3. The minimum atomic E-state index is -5.17. The van der Waals surface area contributed by atoms with Crippen LogP contribution in [0.25, 0.3) is 0 Å². The van der Waals surface area contributed by atoms with Crippen LogP contribution in [0.1, 0.15) is 0 Å². The van der Waals surface area contributed by atoms with E-state index in [4.69, 9.17) is 36.7 Å². The van der Waals surface area contributed by atoms with Crippen molar-refractivity contribution in [3.05, 3.63) is 0 Å². The summed E-state index contributed by atoms with van der Waals surface area (Å²) in [6.07, 6.45) is 0. The summed E-state index contributed by atoms with van der Waals surface area (Å²) in [7, 11) is -10.0. The van der Waals surface area contributed by atoms with Crippen LogP contribution in [0.2, 0.25) is 0 Å². The van der Waals surface area contributed by atoms with Crippen molar-refractivity contribution in [2.24, 2.45) is 0 Å². The molecule has 0 amide bonds. The first-order chi connectivity index (χ1) is 4.00. The molecule has 64 valence electrons. The first-order valence-corrected chi connectivity index (χ1v) is 4.62. The molecule has 0 rings (SSSR count). The van der Waals surface area contributed by atoms with Gasteiger partial charge in [-0.1, -0.05) is 0 Å². The molecule has 0 saturated heterocycles. The van der Waals surface area contributed by atoms with Gasteiger partial charge in [0.05, 0.1) is 0 Å². The van der Waals surface area contributed by atoms with Crippen molar-refractivity contribution < 1.29 is 66.3 Å². The van der Waals surface area contributed by atoms with E-state index in [1.54, 1.807) is 0 Å². The number of hydrogen-bond acceptors (Lipinski definition) is 8. The Labute approximate surface area is 108 Å². The maximum absolute atomic E-state index is 8.91. The second kappa shape index (κ2) is 9.26. The van der Waals surface area contributed by atoms with Crippen molar-refractivity contribution in [2.75, 3.05) is 0 Å². The average molecular weight is 238 g/mol. The largest absolute Gasteiger partial charge is 2.00 e. The van der Waals surface area contributed by atoms with Crippen molar-refractivity contribution in [1.29, 1.82) is 0 Å². The van der Waals surface area contributed by atoms with Crippen LogP contribution in [0.4, 0.5) is 0 Å². The van der Waals surface area contributed by atoms with Crippen LogP contribution in [0.5, 0.6) is 0 Å². The third-order valence-electron chi connectivity index (χ3n) is 0. The van der Waals surface area contributed by atoms with Gasteiger partial charge in [-0.3, -0.25) is 8.42 Å². The first kappa shape index (κ1) is 23.5. The molecule has 0 unspecified atom stereocenters. The monoisotopic (exact) mass is 238 g/mol. The van der Waals surface area contributed by atoms with E-state index < -0.39 is 19.4 Å². The normalized spacial score (nSPS) is 9.83. The Morgan fingerprint density at radius 1 is 1.08 bits per heavy atom. The molecule has 0 heterocycles. The fourth-order valence-corrected chi connectivity index (χ4v) is 0. The van der Waals surface area contributed by atoms with E-state index in [-0.39, 0.29) is 52.6 Å². The third kappa shape index (κ3) is 466. The van der Waals surface area contributed by atoms with Crippen LogP contribution in [0.15, 0.2) is 0 Å². The Morgan fingerprint density at radius 3 is 1.08 bits per heavy atom. The Balaban J connectivity index is -0.0000000457. The molecule has 0 aromatic heterocycles. The molecule has 0 atom stereocenters. The summed E-state index contributed by atoms with van der Waals surface area (Å²) >= 11 is 0. The van der Waals surface area contributed by atoms with Gasteiger partial charge in [-0.25, -0.2) is 0 Å². The van der Waals surface area contributed by atoms with E-state index in [0.29, 0.717) is 0 Å². The topological polar surface area (TPSA) is 164 Å². The maximum Gasteiger partial charge on any atom is 2.00 e. The first-order valence-electron chi connectivity index (χ1n) is 1.54. The molecule has 0 aromatic carbocycles. The second-order valence-electron chi connectivity index (χ2n) is 0.982. The minimum Gasteiger partial charge on any atom is -0.794 e. The van der Waals surface area contributed by atoms with Gasteiger partial charge in [0.1, 0.15) is 0 Å². The molecule has 0 bridgehead atoms. The summed E-state index contributed by atoms with van der Waals surface area (Å²) in [6, 6.07) is 0. The molecule has 12 heavy (non-hydrogen) atoms. The van der Waals surface area contributed by atoms with Gasteiger partial charge in [0.25, 0.3) is 0 Å². The van der Waals surface area contributed by atoms with E-state index >= 15 is 0 Å². The Hall–Kier alpha value is 1.69. The summed E-state index contributed by atoms with van der Waals surface area (Å²) in [5.74, 6) is 0. The average Bonchev–Trinajstić information content (AvgIpc) is 1.12. The van der Waals surface area contributed by atoms with E-state index in [1.807, 2.05) is 0 Å². The molecular weight excluding hydrogens is 235 g/mol. The minimum absolute atomic E-state index is 0. The van der Waals surface area contributed by atoms with Crippen LogP contribution < -0.4 is 34.4 Å². The van der Waals surface area contributed by atoms with Crippen LogP contribution >= 0.6 is 0 Å². The van der Waals surface area contributed by atoms with Crippen molar-refractivity contribution in [1.82, 2.24) is 0 Å². The maximum atomic E-state index is 8.91. The van der Waals surface area contributed by atoms with E-state index in [0.717, 1.165) is 0 Å². The van der Waals surface area contributed by atoms with Crippen molar-refractivity contribution >= 4 is 42.5 Å². The van der Waals surface area contributed by atoms with Gasteiger partial charge in [-0.2, -0.15) is 0 Å². The smallest absolute Gasteiger partial charge is 0.794 e. The zero-order chi connectivity index (χ0) is 9.00. The summed E-state index contributed by atoms with van der Waals surface area (Å²) < 4.78 is 34.1. The van der Waals surface area contributed by atoms with Gasteiger partial charge in [0.15, 0.2) is 0 Å². The van der Waals surface area contributed by atoms with Crippen molar-refractivity contribution in [3.8, 4) is 0 Å². The Bertz CT molecular complexity index is 154. The van der Waals surface area contributed by atoms with Crippen LogP contribution in [-0.2, 0) is 10.4 Å². The van der Waals surface area contributed by atoms with E-state index in [1.165, 1.54) is 0 Å². The Morgan fingerprint density at radius 2 is 1.08 bits per heavy atom. The SMILES string of the molecule is O=S(=O)([O-])[O-].[Mg+2].[Na+].[O-][Si](O)(O)O. The zero-order valence-corrected chi connectivity index (χ0v) is 11.2. The van der Waals surface area contributed by atoms with E-state index in [9.17, 15) is 0 Å². The molecule has 12 heteroatoms. The van der Waals surface area contributed by atoms with Crippen LogP contribution in [0, 0.1) is 0 Å². The van der Waals surface area contributed by atoms with Gasteiger partial charge in [-0.05, 0) is 0 Å². The molecular formula is H3MgNaO8SSi. The molecule has 0 aliphatic heterocycles. The van der Waals surface area contributed by atoms with Crippen molar-refractivity contribution in [2.45, 2.75) is 0 Å². The fourth-order valence-electron chi connectivity index (χ4n) is 0. The third-order valence-corrected chi connectivity index (χ3v) is 0. The second-order valence-corrected chi connectivity index (χ2v) is 2.95. The zero-order valence-electron chi connectivity index (χ0n) is 6.00. The molecule has 8 nitrogen and oxygen atoms in total. The Kier molecular flexibility index (Phi) is 18.1.